The lowest BCUT2D eigenvalue weighted by Crippen LogP contribution is -2.08. The number of benzene rings is 1. The largest absolute Gasteiger partial charge is 0.378 e. The lowest BCUT2D eigenvalue weighted by atomic mass is 10.2. The van der Waals surface area contributed by atoms with E-state index in [1.54, 1.807) is 0 Å². The van der Waals surface area contributed by atoms with Gasteiger partial charge in [-0.1, -0.05) is 12.1 Å². The highest BCUT2D eigenvalue weighted by Crippen LogP contribution is 2.12. The predicted octanol–water partition coefficient (Wildman–Crippen LogP) is 1.68. The van der Waals surface area contributed by atoms with Gasteiger partial charge in [-0.05, 0) is 17.7 Å². The Morgan fingerprint density at radius 1 is 1.36 bits per heavy atom. The average molecular weight is 150 g/mol. The molecule has 0 amide bonds. The zero-order valence-corrected chi connectivity index (χ0v) is 6.87. The van der Waals surface area contributed by atoms with E-state index in [0.717, 1.165) is 11.3 Å². The molecule has 0 N–H and O–H groups in total. The zero-order chi connectivity index (χ0) is 8.27. The third-order valence-electron chi connectivity index (χ3n) is 1.59. The fraction of sp³-hybridized carbons (Fsp3) is 0.333. The second kappa shape index (κ2) is 3.39. The Balaban J connectivity index is 2.91. The highest BCUT2D eigenvalue weighted by molar-refractivity contribution is 5.46. The molecule has 0 aliphatic heterocycles. The zero-order valence-electron chi connectivity index (χ0n) is 6.87. The van der Waals surface area contributed by atoms with E-state index in [0.29, 0.717) is 0 Å². The summed E-state index contributed by atoms with van der Waals surface area (Å²) in [4.78, 5) is 1.99. The number of hydrogen-bond donors (Lipinski definition) is 0. The van der Waals surface area contributed by atoms with Gasteiger partial charge in [-0.3, -0.25) is 0 Å². The molecule has 2 nitrogen and oxygen atoms in total. The highest BCUT2D eigenvalue weighted by atomic mass is 16.3. The summed E-state index contributed by atoms with van der Waals surface area (Å²) in [5.41, 5.74) is 1.93. The van der Waals surface area contributed by atoms with Gasteiger partial charge in [0.25, 0.3) is 0 Å². The van der Waals surface area contributed by atoms with Crippen molar-refractivity contribution < 1.29 is 5.11 Å². The van der Waals surface area contributed by atoms with E-state index in [1.165, 1.54) is 0 Å². The van der Waals surface area contributed by atoms with Gasteiger partial charge in [0, 0.05) is 19.8 Å². The average Bonchev–Trinajstić information content (AvgIpc) is 2.05. The van der Waals surface area contributed by atoms with Gasteiger partial charge in [0.2, 0.25) is 0 Å². The molecule has 0 saturated carbocycles. The van der Waals surface area contributed by atoms with Crippen molar-refractivity contribution in [2.45, 2.75) is 6.61 Å². The maximum atomic E-state index is 10.5. The van der Waals surface area contributed by atoms with Crippen molar-refractivity contribution >= 4 is 5.69 Å². The minimum absolute atomic E-state index is 0.137. The molecule has 0 heterocycles. The minimum Gasteiger partial charge on any atom is -0.378 e. The van der Waals surface area contributed by atoms with Crippen LogP contribution in [0.25, 0.3) is 0 Å². The molecule has 1 rings (SSSR count). The SMILES string of the molecule is CN(C)c1cccc(C[O])c1. The van der Waals surface area contributed by atoms with Gasteiger partial charge in [0.1, 0.15) is 6.61 Å². The molecule has 0 spiro atoms. The summed E-state index contributed by atoms with van der Waals surface area (Å²) in [6.07, 6.45) is 0. The van der Waals surface area contributed by atoms with Crippen LogP contribution in [0.5, 0.6) is 0 Å². The molecule has 0 unspecified atom stereocenters. The maximum absolute atomic E-state index is 10.5. The molecule has 0 aromatic heterocycles. The van der Waals surface area contributed by atoms with Gasteiger partial charge in [-0.15, -0.1) is 0 Å². The normalized spacial score (nSPS) is 9.73. The quantitative estimate of drug-likeness (QED) is 0.629. The molecule has 0 aliphatic carbocycles. The summed E-state index contributed by atoms with van der Waals surface area (Å²) in [5.74, 6) is 0. The van der Waals surface area contributed by atoms with E-state index in [2.05, 4.69) is 0 Å². The summed E-state index contributed by atoms with van der Waals surface area (Å²) < 4.78 is 0. The van der Waals surface area contributed by atoms with E-state index in [-0.39, 0.29) is 6.61 Å². The predicted molar refractivity (Wildman–Crippen MR) is 45.2 cm³/mol. The fourth-order valence-electron chi connectivity index (χ4n) is 0.924. The van der Waals surface area contributed by atoms with Crippen molar-refractivity contribution in [2.75, 3.05) is 19.0 Å². The molecule has 2 heteroatoms. The molecule has 0 bridgehead atoms. The molecule has 59 valence electrons. The van der Waals surface area contributed by atoms with Gasteiger partial charge >= 0.3 is 0 Å². The smallest absolute Gasteiger partial charge is 0.107 e. The summed E-state index contributed by atoms with van der Waals surface area (Å²) in [7, 11) is 3.92. The maximum Gasteiger partial charge on any atom is 0.107 e. The van der Waals surface area contributed by atoms with Crippen LogP contribution in [0.4, 0.5) is 5.69 Å². The van der Waals surface area contributed by atoms with Crippen LogP contribution in [0.2, 0.25) is 0 Å². The number of anilines is 1. The van der Waals surface area contributed by atoms with Gasteiger partial charge in [0.15, 0.2) is 0 Å². The monoisotopic (exact) mass is 150 g/mol. The first-order valence-corrected chi connectivity index (χ1v) is 3.58. The van der Waals surface area contributed by atoms with Crippen molar-refractivity contribution in [3.05, 3.63) is 29.8 Å². The van der Waals surface area contributed by atoms with Crippen LogP contribution in [0.15, 0.2) is 24.3 Å². The lowest BCUT2D eigenvalue weighted by Gasteiger charge is -2.12. The molecule has 1 aromatic rings. The van der Waals surface area contributed by atoms with Crippen molar-refractivity contribution in [3.8, 4) is 0 Å². The summed E-state index contributed by atoms with van der Waals surface area (Å²) in [6, 6.07) is 7.65. The third kappa shape index (κ3) is 1.95. The van der Waals surface area contributed by atoms with E-state index in [9.17, 15) is 5.11 Å². The Bertz CT molecular complexity index is 233. The van der Waals surface area contributed by atoms with Gasteiger partial charge in [0.05, 0.1) is 0 Å². The van der Waals surface area contributed by atoms with E-state index >= 15 is 0 Å². The fourth-order valence-corrected chi connectivity index (χ4v) is 0.924. The summed E-state index contributed by atoms with van der Waals surface area (Å²) in [5, 5.41) is 10.5. The number of hydrogen-bond acceptors (Lipinski definition) is 1. The van der Waals surface area contributed by atoms with Gasteiger partial charge < -0.3 is 4.90 Å². The van der Waals surface area contributed by atoms with Crippen LogP contribution >= 0.6 is 0 Å². The first-order chi connectivity index (χ1) is 5.24. The Hall–Kier alpha value is -1.02. The minimum atomic E-state index is -0.137. The van der Waals surface area contributed by atoms with Crippen LogP contribution in [-0.2, 0) is 11.7 Å². The van der Waals surface area contributed by atoms with Crippen molar-refractivity contribution in [2.24, 2.45) is 0 Å². The molecule has 0 fully saturated rings. The van der Waals surface area contributed by atoms with E-state index < -0.39 is 0 Å². The molecule has 1 radical (unpaired) electrons. The first-order valence-electron chi connectivity index (χ1n) is 3.58. The second-order valence-electron chi connectivity index (χ2n) is 2.71. The molecule has 11 heavy (non-hydrogen) atoms. The molecular formula is C9H12NO. The second-order valence-corrected chi connectivity index (χ2v) is 2.71. The van der Waals surface area contributed by atoms with Crippen LogP contribution < -0.4 is 4.90 Å². The number of rotatable bonds is 2. The van der Waals surface area contributed by atoms with Crippen LogP contribution in [0, 0.1) is 0 Å². The Morgan fingerprint density at radius 3 is 2.64 bits per heavy atom. The first kappa shape index (κ1) is 8.08. The Labute approximate surface area is 67.1 Å². The van der Waals surface area contributed by atoms with E-state index in [4.69, 9.17) is 0 Å². The Kier molecular flexibility index (Phi) is 2.49. The topological polar surface area (TPSA) is 23.1 Å². The lowest BCUT2D eigenvalue weighted by molar-refractivity contribution is 0.177. The van der Waals surface area contributed by atoms with Crippen molar-refractivity contribution in [3.63, 3.8) is 0 Å². The Morgan fingerprint density at radius 2 is 2.09 bits per heavy atom. The summed E-state index contributed by atoms with van der Waals surface area (Å²) >= 11 is 0. The standard InChI is InChI=1S/C9H12NO/c1-10(2)9-5-3-4-8(6-9)7-11/h3-6H,7H2,1-2H3. The van der Waals surface area contributed by atoms with Gasteiger partial charge in [-0.2, -0.15) is 0 Å². The summed E-state index contributed by atoms with van der Waals surface area (Å²) in [6.45, 7) is -0.137. The highest BCUT2D eigenvalue weighted by Gasteiger charge is 1.95. The third-order valence-corrected chi connectivity index (χ3v) is 1.59. The number of nitrogens with zero attached hydrogens (tertiary/aromatic N) is 1. The van der Waals surface area contributed by atoms with Crippen LogP contribution in [-0.4, -0.2) is 14.1 Å². The van der Waals surface area contributed by atoms with Crippen LogP contribution in [0.3, 0.4) is 0 Å². The molecule has 0 saturated heterocycles. The molecular weight excluding hydrogens is 138 g/mol. The molecule has 0 atom stereocenters. The molecule has 0 aliphatic rings. The van der Waals surface area contributed by atoms with Crippen molar-refractivity contribution in [1.29, 1.82) is 0 Å². The molecule has 1 aromatic carbocycles. The van der Waals surface area contributed by atoms with Crippen molar-refractivity contribution in [1.82, 2.24) is 0 Å². The van der Waals surface area contributed by atoms with Crippen LogP contribution in [0.1, 0.15) is 5.56 Å². The van der Waals surface area contributed by atoms with E-state index in [1.807, 2.05) is 43.3 Å². The van der Waals surface area contributed by atoms with Gasteiger partial charge in [-0.25, -0.2) is 5.11 Å².